The maximum absolute atomic E-state index is 12.6. The highest BCUT2D eigenvalue weighted by Crippen LogP contribution is 2.27. The minimum atomic E-state index is -3.73. The largest absolute Gasteiger partial charge is 0.495 e. The van der Waals surface area contributed by atoms with Crippen molar-refractivity contribution in [2.75, 3.05) is 13.7 Å². The molecule has 2 aromatic rings. The first-order valence-electron chi connectivity index (χ1n) is 8.58. The summed E-state index contributed by atoms with van der Waals surface area (Å²) in [6.07, 6.45) is 1.44. The molecule has 0 spiro atoms. The molecular formula is C19H21ClN2O4S. The molecule has 3 rings (SSSR count). The zero-order valence-electron chi connectivity index (χ0n) is 14.9. The van der Waals surface area contributed by atoms with Crippen molar-refractivity contribution >= 4 is 27.5 Å². The van der Waals surface area contributed by atoms with Gasteiger partial charge in [0.25, 0.3) is 0 Å². The molecule has 1 aliphatic heterocycles. The minimum absolute atomic E-state index is 0.0699. The van der Waals surface area contributed by atoms with Crippen LogP contribution in [0.3, 0.4) is 0 Å². The summed E-state index contributed by atoms with van der Waals surface area (Å²) in [5.41, 5.74) is 1.77. The number of amides is 1. The summed E-state index contributed by atoms with van der Waals surface area (Å²) in [6.45, 7) is 1.36. The standard InChI is InChI=1S/C19H21ClN2O4S/c1-26-18-9-8-16(11-17(18)20)27(24,25)21-12-14-5-2-3-6-15(14)13-22-10-4-7-19(22)23/h2-3,5-6,8-9,11,21H,4,7,10,12-13H2,1H3. The molecule has 0 aromatic heterocycles. The third-order valence-corrected chi connectivity index (χ3v) is 6.23. The summed E-state index contributed by atoms with van der Waals surface area (Å²) in [5, 5.41) is 0.230. The maximum atomic E-state index is 12.6. The van der Waals surface area contributed by atoms with Crippen LogP contribution in [0.4, 0.5) is 0 Å². The second-order valence-electron chi connectivity index (χ2n) is 6.31. The van der Waals surface area contributed by atoms with Crippen molar-refractivity contribution in [3.05, 3.63) is 58.6 Å². The van der Waals surface area contributed by atoms with Crippen molar-refractivity contribution in [2.45, 2.75) is 30.8 Å². The molecule has 0 saturated carbocycles. The van der Waals surface area contributed by atoms with Gasteiger partial charge in [0.05, 0.1) is 17.0 Å². The number of methoxy groups -OCH3 is 1. The van der Waals surface area contributed by atoms with Crippen molar-refractivity contribution in [2.24, 2.45) is 0 Å². The Labute approximate surface area is 164 Å². The third kappa shape index (κ3) is 4.61. The van der Waals surface area contributed by atoms with Crippen molar-refractivity contribution in [1.29, 1.82) is 0 Å². The fourth-order valence-electron chi connectivity index (χ4n) is 3.03. The van der Waals surface area contributed by atoms with E-state index < -0.39 is 10.0 Å². The van der Waals surface area contributed by atoms with Gasteiger partial charge in [-0.1, -0.05) is 35.9 Å². The maximum Gasteiger partial charge on any atom is 0.240 e. The van der Waals surface area contributed by atoms with Gasteiger partial charge in [-0.05, 0) is 35.7 Å². The summed E-state index contributed by atoms with van der Waals surface area (Å²) >= 11 is 6.03. The first-order chi connectivity index (χ1) is 12.9. The van der Waals surface area contributed by atoms with Gasteiger partial charge in [-0.25, -0.2) is 13.1 Å². The smallest absolute Gasteiger partial charge is 0.240 e. The molecule has 27 heavy (non-hydrogen) atoms. The molecule has 1 saturated heterocycles. The zero-order valence-corrected chi connectivity index (χ0v) is 16.5. The number of nitrogens with one attached hydrogen (secondary N) is 1. The molecule has 6 nitrogen and oxygen atoms in total. The molecule has 0 atom stereocenters. The van der Waals surface area contributed by atoms with Crippen LogP contribution in [0.15, 0.2) is 47.4 Å². The monoisotopic (exact) mass is 408 g/mol. The molecule has 1 heterocycles. The van der Waals surface area contributed by atoms with E-state index in [1.54, 1.807) is 4.90 Å². The predicted octanol–water partition coefficient (Wildman–Crippen LogP) is 2.95. The van der Waals surface area contributed by atoms with Gasteiger partial charge in [-0.15, -0.1) is 0 Å². The molecule has 1 fully saturated rings. The second kappa shape index (κ2) is 8.29. The summed E-state index contributed by atoms with van der Waals surface area (Å²) in [4.78, 5) is 13.7. The van der Waals surface area contributed by atoms with Gasteiger partial charge in [-0.3, -0.25) is 4.79 Å². The SMILES string of the molecule is COc1ccc(S(=O)(=O)NCc2ccccc2CN2CCCC2=O)cc1Cl. The molecule has 0 unspecified atom stereocenters. The van der Waals surface area contributed by atoms with E-state index in [1.165, 1.54) is 25.3 Å². The molecule has 0 aliphatic carbocycles. The van der Waals surface area contributed by atoms with Gasteiger partial charge in [0.2, 0.25) is 15.9 Å². The van der Waals surface area contributed by atoms with Gasteiger partial charge in [0.15, 0.2) is 0 Å². The van der Waals surface area contributed by atoms with E-state index in [2.05, 4.69) is 4.72 Å². The number of carbonyl (C=O) groups excluding carboxylic acids is 1. The minimum Gasteiger partial charge on any atom is -0.495 e. The van der Waals surface area contributed by atoms with E-state index in [0.717, 1.165) is 24.1 Å². The predicted molar refractivity (Wildman–Crippen MR) is 103 cm³/mol. The average Bonchev–Trinajstić information content (AvgIpc) is 3.05. The molecule has 0 radical (unpaired) electrons. The van der Waals surface area contributed by atoms with Crippen LogP contribution in [0.2, 0.25) is 5.02 Å². The van der Waals surface area contributed by atoms with Gasteiger partial charge in [0, 0.05) is 26.1 Å². The Morgan fingerprint density at radius 1 is 1.19 bits per heavy atom. The third-order valence-electron chi connectivity index (χ3n) is 4.54. The topological polar surface area (TPSA) is 75.7 Å². The first kappa shape index (κ1) is 19.7. The van der Waals surface area contributed by atoms with Crippen LogP contribution in [0.1, 0.15) is 24.0 Å². The van der Waals surface area contributed by atoms with Crippen LogP contribution in [0.25, 0.3) is 0 Å². The van der Waals surface area contributed by atoms with Crippen LogP contribution < -0.4 is 9.46 Å². The van der Waals surface area contributed by atoms with Crippen molar-refractivity contribution in [1.82, 2.24) is 9.62 Å². The fraction of sp³-hybridized carbons (Fsp3) is 0.316. The van der Waals surface area contributed by atoms with E-state index in [0.29, 0.717) is 18.7 Å². The lowest BCUT2D eigenvalue weighted by Gasteiger charge is -2.18. The Kier molecular flexibility index (Phi) is 6.04. The summed E-state index contributed by atoms with van der Waals surface area (Å²) < 4.78 is 32.8. The number of halogens is 1. The van der Waals surface area contributed by atoms with Gasteiger partial charge in [0.1, 0.15) is 5.75 Å². The number of benzene rings is 2. The van der Waals surface area contributed by atoms with E-state index >= 15 is 0 Å². The molecule has 2 aromatic carbocycles. The Bertz CT molecular complexity index is 946. The number of hydrogen-bond acceptors (Lipinski definition) is 4. The molecule has 1 N–H and O–H groups in total. The number of rotatable bonds is 7. The number of nitrogens with zero attached hydrogens (tertiary/aromatic N) is 1. The highest BCUT2D eigenvalue weighted by atomic mass is 35.5. The van der Waals surface area contributed by atoms with Crippen molar-refractivity contribution in [3.63, 3.8) is 0 Å². The normalized spacial score (nSPS) is 14.6. The summed E-state index contributed by atoms with van der Waals surface area (Å²) in [5.74, 6) is 0.550. The Hall–Kier alpha value is -2.09. The first-order valence-corrected chi connectivity index (χ1v) is 10.4. The molecule has 1 amide bonds. The Balaban J connectivity index is 1.74. The Morgan fingerprint density at radius 2 is 1.93 bits per heavy atom. The second-order valence-corrected chi connectivity index (χ2v) is 8.48. The van der Waals surface area contributed by atoms with E-state index in [1.807, 2.05) is 24.3 Å². The van der Waals surface area contributed by atoms with Gasteiger partial charge >= 0.3 is 0 Å². The lowest BCUT2D eigenvalue weighted by molar-refractivity contribution is -0.128. The van der Waals surface area contributed by atoms with Crippen LogP contribution in [-0.2, 0) is 27.9 Å². The summed E-state index contributed by atoms with van der Waals surface area (Å²) in [6, 6.07) is 11.8. The lowest BCUT2D eigenvalue weighted by atomic mass is 10.1. The quantitative estimate of drug-likeness (QED) is 0.764. The molecule has 1 aliphatic rings. The molecule has 8 heteroatoms. The zero-order chi connectivity index (χ0) is 19.4. The Morgan fingerprint density at radius 3 is 2.56 bits per heavy atom. The summed E-state index contributed by atoms with van der Waals surface area (Å²) in [7, 11) is -2.26. The van der Waals surface area contributed by atoms with E-state index in [9.17, 15) is 13.2 Å². The molecular weight excluding hydrogens is 388 g/mol. The number of hydrogen-bond donors (Lipinski definition) is 1. The fourth-order valence-corrected chi connectivity index (χ4v) is 4.39. The highest BCUT2D eigenvalue weighted by molar-refractivity contribution is 7.89. The van der Waals surface area contributed by atoms with Crippen molar-refractivity contribution in [3.8, 4) is 5.75 Å². The van der Waals surface area contributed by atoms with Crippen LogP contribution in [0.5, 0.6) is 5.75 Å². The highest BCUT2D eigenvalue weighted by Gasteiger charge is 2.21. The lowest BCUT2D eigenvalue weighted by Crippen LogP contribution is -2.27. The van der Waals surface area contributed by atoms with E-state index in [-0.39, 0.29) is 22.4 Å². The van der Waals surface area contributed by atoms with Crippen LogP contribution in [0, 0.1) is 0 Å². The molecule has 144 valence electrons. The van der Waals surface area contributed by atoms with Crippen molar-refractivity contribution < 1.29 is 17.9 Å². The number of ether oxygens (including phenoxy) is 1. The van der Waals surface area contributed by atoms with E-state index in [4.69, 9.17) is 16.3 Å². The van der Waals surface area contributed by atoms with Crippen LogP contribution >= 0.6 is 11.6 Å². The van der Waals surface area contributed by atoms with Crippen LogP contribution in [-0.4, -0.2) is 32.9 Å². The number of carbonyl (C=O) groups is 1. The number of likely N-dealkylation sites (tertiary alicyclic amines) is 1. The average molecular weight is 409 g/mol. The number of sulfonamides is 1. The molecule has 0 bridgehead atoms. The van der Waals surface area contributed by atoms with Gasteiger partial charge < -0.3 is 9.64 Å². The van der Waals surface area contributed by atoms with Gasteiger partial charge in [-0.2, -0.15) is 0 Å².